The van der Waals surface area contributed by atoms with Crippen LogP contribution in [-0.2, 0) is 9.47 Å². The van der Waals surface area contributed by atoms with E-state index in [4.69, 9.17) is 9.47 Å². The summed E-state index contributed by atoms with van der Waals surface area (Å²) in [4.78, 5) is 19.8. The Bertz CT molecular complexity index is 602. The maximum Gasteiger partial charge on any atom is 0.229 e. The molecule has 0 bridgehead atoms. The second-order valence-electron chi connectivity index (χ2n) is 4.62. The first kappa shape index (κ1) is 13.9. The minimum atomic E-state index is 0.592. The molecule has 0 amide bonds. The summed E-state index contributed by atoms with van der Waals surface area (Å²) >= 11 is 0. The lowest BCUT2D eigenvalue weighted by Gasteiger charge is -2.27. The highest BCUT2D eigenvalue weighted by atomic mass is 16.5. The molecule has 3 rings (SSSR count). The van der Waals surface area contributed by atoms with Crippen molar-refractivity contribution in [3.05, 3.63) is 12.4 Å². The lowest BCUT2D eigenvalue weighted by molar-refractivity contribution is 0.122. The largest absolute Gasteiger partial charge is 0.383 e. The molecule has 0 aromatic carbocycles. The van der Waals surface area contributed by atoms with Gasteiger partial charge in [-0.3, -0.25) is 0 Å². The first-order chi connectivity index (χ1) is 10.4. The van der Waals surface area contributed by atoms with Crippen LogP contribution in [0.3, 0.4) is 0 Å². The number of nitrogens with one attached hydrogen (secondary N) is 1. The van der Waals surface area contributed by atoms with Gasteiger partial charge in [0, 0.05) is 39.1 Å². The summed E-state index contributed by atoms with van der Waals surface area (Å²) in [5.74, 6) is 1.35. The Balaban J connectivity index is 1.93. The van der Waals surface area contributed by atoms with Crippen LogP contribution >= 0.6 is 0 Å². The molecule has 0 unspecified atom stereocenters. The Morgan fingerprint density at radius 3 is 2.86 bits per heavy atom. The van der Waals surface area contributed by atoms with Gasteiger partial charge in [0.25, 0.3) is 0 Å². The van der Waals surface area contributed by atoms with E-state index in [2.05, 4.69) is 30.2 Å². The van der Waals surface area contributed by atoms with Crippen molar-refractivity contribution >= 4 is 22.9 Å². The number of ether oxygens (including phenoxy) is 2. The van der Waals surface area contributed by atoms with E-state index in [9.17, 15) is 0 Å². The van der Waals surface area contributed by atoms with E-state index in [1.807, 2.05) is 0 Å². The monoisotopic (exact) mass is 290 g/mol. The molecule has 0 radical (unpaired) electrons. The molecule has 3 heterocycles. The first-order valence-corrected chi connectivity index (χ1v) is 6.93. The Kier molecular flexibility index (Phi) is 4.37. The van der Waals surface area contributed by atoms with E-state index in [-0.39, 0.29) is 0 Å². The molecular weight excluding hydrogens is 272 g/mol. The summed E-state index contributed by atoms with van der Waals surface area (Å²) in [5.41, 5.74) is 1.26. The van der Waals surface area contributed by atoms with Crippen molar-refractivity contribution in [3.63, 3.8) is 0 Å². The Labute approximate surface area is 122 Å². The summed E-state index contributed by atoms with van der Waals surface area (Å²) in [7, 11) is 1.67. The van der Waals surface area contributed by atoms with Crippen LogP contribution in [0.2, 0.25) is 0 Å². The number of hydrogen-bond acceptors (Lipinski definition) is 8. The zero-order valence-corrected chi connectivity index (χ0v) is 11.9. The Hall–Kier alpha value is -2.06. The number of methoxy groups -OCH3 is 1. The average Bonchev–Trinajstić information content (AvgIpc) is 2.55. The van der Waals surface area contributed by atoms with Crippen molar-refractivity contribution in [3.8, 4) is 0 Å². The number of fused-ring (bicyclic) bond motifs is 1. The molecule has 2 aromatic rings. The predicted octanol–water partition coefficient (Wildman–Crippen LogP) is 0.315. The standard InChI is InChI=1S/C13H18N6O2/c1-20-7-4-16-12-10-11(15-3-2-14-10)17-13(18-12)19-5-8-21-9-6-19/h2-3H,4-9H2,1H3,(H,15,16,17,18). The van der Waals surface area contributed by atoms with Gasteiger partial charge in [0.2, 0.25) is 5.95 Å². The van der Waals surface area contributed by atoms with Gasteiger partial charge in [0.15, 0.2) is 17.0 Å². The zero-order valence-electron chi connectivity index (χ0n) is 11.9. The smallest absolute Gasteiger partial charge is 0.229 e. The number of anilines is 2. The van der Waals surface area contributed by atoms with Gasteiger partial charge in [-0.15, -0.1) is 0 Å². The predicted molar refractivity (Wildman–Crippen MR) is 78.5 cm³/mol. The lowest BCUT2D eigenvalue weighted by Crippen LogP contribution is -2.37. The minimum absolute atomic E-state index is 0.592. The summed E-state index contributed by atoms with van der Waals surface area (Å²) in [6.45, 7) is 4.19. The summed E-state index contributed by atoms with van der Waals surface area (Å²) in [5, 5.41) is 3.23. The highest BCUT2D eigenvalue weighted by Crippen LogP contribution is 2.20. The highest BCUT2D eigenvalue weighted by molar-refractivity contribution is 5.83. The van der Waals surface area contributed by atoms with Crippen molar-refractivity contribution in [1.82, 2.24) is 19.9 Å². The third-order valence-electron chi connectivity index (χ3n) is 3.21. The third-order valence-corrected chi connectivity index (χ3v) is 3.21. The van der Waals surface area contributed by atoms with Crippen molar-refractivity contribution in [2.45, 2.75) is 0 Å². The van der Waals surface area contributed by atoms with Crippen molar-refractivity contribution in [2.75, 3.05) is 56.8 Å². The van der Waals surface area contributed by atoms with Crippen LogP contribution in [0.5, 0.6) is 0 Å². The van der Waals surface area contributed by atoms with Crippen molar-refractivity contribution in [1.29, 1.82) is 0 Å². The van der Waals surface area contributed by atoms with Gasteiger partial charge >= 0.3 is 0 Å². The molecule has 0 atom stereocenters. The maximum atomic E-state index is 5.36. The molecule has 1 aliphatic heterocycles. The van der Waals surface area contributed by atoms with E-state index in [1.54, 1.807) is 19.5 Å². The number of morpholine rings is 1. The number of aromatic nitrogens is 4. The first-order valence-electron chi connectivity index (χ1n) is 6.93. The fourth-order valence-corrected chi connectivity index (χ4v) is 2.15. The minimum Gasteiger partial charge on any atom is -0.383 e. The van der Waals surface area contributed by atoms with Crippen LogP contribution in [0, 0.1) is 0 Å². The molecule has 21 heavy (non-hydrogen) atoms. The van der Waals surface area contributed by atoms with Gasteiger partial charge < -0.3 is 19.7 Å². The maximum absolute atomic E-state index is 5.36. The molecule has 0 aliphatic carbocycles. The van der Waals surface area contributed by atoms with Gasteiger partial charge in [-0.2, -0.15) is 9.97 Å². The molecule has 2 aromatic heterocycles. The van der Waals surface area contributed by atoms with E-state index in [0.29, 0.717) is 49.3 Å². The molecule has 0 saturated carbocycles. The molecule has 1 fully saturated rings. The fourth-order valence-electron chi connectivity index (χ4n) is 2.15. The zero-order chi connectivity index (χ0) is 14.5. The Morgan fingerprint density at radius 2 is 2.05 bits per heavy atom. The summed E-state index contributed by atoms with van der Waals surface area (Å²) < 4.78 is 10.4. The highest BCUT2D eigenvalue weighted by Gasteiger charge is 2.17. The van der Waals surface area contributed by atoms with Gasteiger partial charge in [0.1, 0.15) is 0 Å². The van der Waals surface area contributed by atoms with Gasteiger partial charge in [-0.05, 0) is 0 Å². The van der Waals surface area contributed by atoms with E-state index < -0.39 is 0 Å². The molecule has 1 saturated heterocycles. The van der Waals surface area contributed by atoms with Crippen LogP contribution in [0.25, 0.3) is 11.2 Å². The quantitative estimate of drug-likeness (QED) is 0.788. The van der Waals surface area contributed by atoms with E-state index in [1.165, 1.54) is 0 Å². The van der Waals surface area contributed by atoms with Crippen LogP contribution in [0.15, 0.2) is 12.4 Å². The fraction of sp³-hybridized carbons (Fsp3) is 0.538. The molecule has 112 valence electrons. The number of nitrogens with zero attached hydrogens (tertiary/aromatic N) is 5. The molecule has 0 spiro atoms. The van der Waals surface area contributed by atoms with Gasteiger partial charge in [-0.1, -0.05) is 0 Å². The van der Waals surface area contributed by atoms with Crippen molar-refractivity contribution < 1.29 is 9.47 Å². The van der Waals surface area contributed by atoms with Gasteiger partial charge in [-0.25, -0.2) is 9.97 Å². The number of hydrogen-bond donors (Lipinski definition) is 1. The van der Waals surface area contributed by atoms with Crippen LogP contribution in [0.1, 0.15) is 0 Å². The summed E-state index contributed by atoms with van der Waals surface area (Å²) in [6, 6.07) is 0. The number of rotatable bonds is 5. The molecule has 8 heteroatoms. The SMILES string of the molecule is COCCNc1nc(N2CCOCC2)nc2nccnc12. The molecule has 8 nitrogen and oxygen atoms in total. The average molecular weight is 290 g/mol. The van der Waals surface area contributed by atoms with Crippen LogP contribution in [0.4, 0.5) is 11.8 Å². The molecule has 1 N–H and O–H groups in total. The van der Waals surface area contributed by atoms with E-state index in [0.717, 1.165) is 13.1 Å². The van der Waals surface area contributed by atoms with E-state index >= 15 is 0 Å². The normalized spacial score (nSPS) is 15.4. The lowest BCUT2D eigenvalue weighted by atomic mass is 10.4. The topological polar surface area (TPSA) is 85.3 Å². The molecular formula is C13H18N6O2. The van der Waals surface area contributed by atoms with Crippen LogP contribution in [-0.4, -0.2) is 66.5 Å². The van der Waals surface area contributed by atoms with Gasteiger partial charge in [0.05, 0.1) is 19.8 Å². The molecule has 1 aliphatic rings. The summed E-state index contributed by atoms with van der Waals surface area (Å²) in [6.07, 6.45) is 3.28. The third kappa shape index (κ3) is 3.17. The van der Waals surface area contributed by atoms with Crippen molar-refractivity contribution in [2.24, 2.45) is 0 Å². The van der Waals surface area contributed by atoms with Crippen LogP contribution < -0.4 is 10.2 Å². The second-order valence-corrected chi connectivity index (χ2v) is 4.62. The second kappa shape index (κ2) is 6.59. The Morgan fingerprint density at radius 1 is 1.24 bits per heavy atom.